The molecule has 322 valence electrons. The van der Waals surface area contributed by atoms with Gasteiger partial charge >= 0.3 is 44.2 Å². The Morgan fingerprint density at radius 3 is 0.631 bits per heavy atom. The van der Waals surface area contributed by atoms with Gasteiger partial charge in [-0.2, -0.15) is 52.7 Å². The van der Waals surface area contributed by atoms with Crippen LogP contribution in [0.4, 0.5) is 52.7 Å². The zero-order valence-electron chi connectivity index (χ0n) is 32.9. The molecule has 0 saturated carbocycles. The Morgan fingerprint density at radius 1 is 0.277 bits per heavy atom. The van der Waals surface area contributed by atoms with Crippen LogP contribution in [0.25, 0.3) is 90.9 Å². The smallest absolute Gasteiger partial charge is 0.657 e. The van der Waals surface area contributed by atoms with Crippen LogP contribution < -0.4 is 9.97 Å². The molecule has 5 heterocycles. The quantitative estimate of drug-likeness (QED) is 0.130. The Hall–Kier alpha value is -6.74. The van der Waals surface area contributed by atoms with Gasteiger partial charge in [0.1, 0.15) is 0 Å². The summed E-state index contributed by atoms with van der Waals surface area (Å²) in [5.41, 5.74) is -0.327. The van der Waals surface area contributed by atoms with Gasteiger partial charge in [-0.3, -0.25) is 0 Å². The molecule has 8 bridgehead atoms. The zero-order valence-corrected chi connectivity index (χ0v) is 35.9. The first-order valence-corrected chi connectivity index (χ1v) is 19.0. The first kappa shape index (κ1) is 44.9. The van der Waals surface area contributed by atoms with Gasteiger partial charge in [-0.15, -0.1) is 22.1 Å². The second kappa shape index (κ2) is 16.4. The van der Waals surface area contributed by atoms with Crippen LogP contribution in [0.15, 0.2) is 121 Å². The monoisotopic (exact) mass is 948 g/mol. The summed E-state index contributed by atoms with van der Waals surface area (Å²) in [5, 5.41) is 0. The summed E-state index contributed by atoms with van der Waals surface area (Å²) < 4.78 is 165. The Labute approximate surface area is 372 Å². The summed E-state index contributed by atoms with van der Waals surface area (Å²) in [7, 11) is 0. The topological polar surface area (TPSA) is 54.0 Å². The predicted molar refractivity (Wildman–Crippen MR) is 219 cm³/mol. The molecule has 0 aliphatic carbocycles. The number of rotatable bonds is 4. The Balaban J connectivity index is 0.00000576. The van der Waals surface area contributed by atoms with Crippen molar-refractivity contribution in [1.82, 2.24) is 19.9 Å². The van der Waals surface area contributed by atoms with E-state index in [0.29, 0.717) is 0 Å². The molecule has 9 rings (SSSR count). The fourth-order valence-electron chi connectivity index (χ4n) is 7.57. The van der Waals surface area contributed by atoms with Crippen LogP contribution in [-0.2, 0) is 44.2 Å². The fourth-order valence-corrected chi connectivity index (χ4v) is 7.57. The van der Waals surface area contributed by atoms with Gasteiger partial charge in [0, 0.05) is 0 Å². The number of halogens is 12. The molecule has 0 unspecified atom stereocenters. The molecule has 0 amide bonds. The minimum absolute atomic E-state index is 0. The van der Waals surface area contributed by atoms with Gasteiger partial charge in [0.15, 0.2) is 0 Å². The van der Waals surface area contributed by atoms with Gasteiger partial charge in [-0.05, 0) is 117 Å². The number of nitrogens with zero attached hydrogens (tertiary/aromatic N) is 4. The molecule has 0 atom stereocenters. The van der Waals surface area contributed by atoms with E-state index in [1.807, 2.05) is 0 Å². The summed E-state index contributed by atoms with van der Waals surface area (Å²) in [6.45, 7) is 0. The maximum atomic E-state index is 13.7. The van der Waals surface area contributed by atoms with E-state index in [2.05, 4.69) is 0 Å². The van der Waals surface area contributed by atoms with E-state index < -0.39 is 47.0 Å². The maximum absolute atomic E-state index is 13.7. The van der Waals surface area contributed by atoms with Crippen molar-refractivity contribution in [3.8, 4) is 44.5 Å². The summed E-state index contributed by atoms with van der Waals surface area (Å²) in [4.78, 5) is 19.4. The molecule has 0 spiro atoms. The van der Waals surface area contributed by atoms with Gasteiger partial charge < -0.3 is 9.97 Å². The van der Waals surface area contributed by atoms with Crippen molar-refractivity contribution >= 4 is 46.4 Å². The van der Waals surface area contributed by atoms with Crippen molar-refractivity contribution in [2.24, 2.45) is 0 Å². The second-order valence-electron chi connectivity index (χ2n) is 14.7. The van der Waals surface area contributed by atoms with Crippen LogP contribution in [-0.4, -0.2) is 9.97 Å². The predicted octanol–water partition coefficient (Wildman–Crippen LogP) is 14.7. The largest absolute Gasteiger partial charge is 2.00 e. The normalized spacial score (nSPS) is 13.0. The van der Waals surface area contributed by atoms with Gasteiger partial charge in [-0.25, -0.2) is 9.97 Å². The van der Waals surface area contributed by atoms with Crippen LogP contribution >= 0.6 is 0 Å². The van der Waals surface area contributed by atoms with Gasteiger partial charge in [0.05, 0.1) is 45.0 Å². The first-order valence-electron chi connectivity index (χ1n) is 19.0. The van der Waals surface area contributed by atoms with Crippen LogP contribution in [0, 0.1) is 0 Å². The van der Waals surface area contributed by atoms with Crippen molar-refractivity contribution in [1.29, 1.82) is 0 Å². The number of hydrogen-bond acceptors (Lipinski definition) is 2. The molecule has 17 heteroatoms. The number of benzene rings is 4. The van der Waals surface area contributed by atoms with Crippen molar-refractivity contribution in [3.05, 3.63) is 166 Å². The molecular formula is C48H24F12N4Zn. The molecule has 4 aromatic carbocycles. The molecule has 0 radical (unpaired) electrons. The van der Waals surface area contributed by atoms with Crippen LogP contribution in [0.3, 0.4) is 0 Å². The molecule has 4 nitrogen and oxygen atoms in total. The number of fused-ring (bicyclic) bond motifs is 8. The molecule has 3 aromatic heterocycles. The summed E-state index contributed by atoms with van der Waals surface area (Å²) in [6, 6.07) is 23.1. The van der Waals surface area contributed by atoms with E-state index in [4.69, 9.17) is 19.9 Å². The Bertz CT molecular complexity index is 2750. The zero-order chi connectivity index (χ0) is 45.3. The molecule has 65 heavy (non-hydrogen) atoms. The number of aromatic nitrogens is 4. The third-order valence-corrected chi connectivity index (χ3v) is 10.6. The summed E-state index contributed by atoms with van der Waals surface area (Å²) >= 11 is 0. The Morgan fingerprint density at radius 2 is 0.462 bits per heavy atom. The molecule has 7 aromatic rings. The van der Waals surface area contributed by atoms with E-state index in [-0.39, 0.29) is 109 Å². The summed E-state index contributed by atoms with van der Waals surface area (Å²) in [6.07, 6.45) is -12.5. The molecular weight excluding hydrogens is 926 g/mol. The fraction of sp³-hybridized carbons (Fsp3) is 0.0833. The SMILES string of the molecule is FC(F)(F)c1ccc(-c2c3nc(c(-c4ccc(C(F)(F)F)cc4)c4ccc([n-]4)c(-c4ccc(C(F)(F)F)cc4)c4nc(c(-c5ccc(C(F)(F)F)cc5)c5ccc2[n-]5)C=C4)C=C3)cc1.[Zn+2]. The van der Waals surface area contributed by atoms with Gasteiger partial charge in [-0.1, -0.05) is 72.8 Å². The van der Waals surface area contributed by atoms with Crippen molar-refractivity contribution in [2.45, 2.75) is 24.7 Å². The van der Waals surface area contributed by atoms with Gasteiger partial charge in [0.2, 0.25) is 0 Å². The van der Waals surface area contributed by atoms with E-state index in [0.717, 1.165) is 48.5 Å². The van der Waals surface area contributed by atoms with Crippen molar-refractivity contribution < 1.29 is 72.2 Å². The van der Waals surface area contributed by atoms with E-state index >= 15 is 0 Å². The second-order valence-corrected chi connectivity index (χ2v) is 14.7. The third-order valence-electron chi connectivity index (χ3n) is 10.6. The van der Waals surface area contributed by atoms with E-state index in [1.165, 1.54) is 48.5 Å². The van der Waals surface area contributed by atoms with Crippen LogP contribution in [0.5, 0.6) is 0 Å². The van der Waals surface area contributed by atoms with E-state index in [1.54, 1.807) is 48.6 Å². The van der Waals surface area contributed by atoms with E-state index in [9.17, 15) is 52.7 Å². The third kappa shape index (κ3) is 8.76. The first-order chi connectivity index (χ1) is 30.2. The molecule has 2 aliphatic rings. The minimum Gasteiger partial charge on any atom is -0.657 e. The molecule has 2 aliphatic heterocycles. The van der Waals surface area contributed by atoms with Crippen LogP contribution in [0.1, 0.15) is 45.0 Å². The maximum Gasteiger partial charge on any atom is 2.00 e. The van der Waals surface area contributed by atoms with Crippen molar-refractivity contribution in [3.63, 3.8) is 0 Å². The van der Waals surface area contributed by atoms with Crippen molar-refractivity contribution in [2.75, 3.05) is 0 Å². The van der Waals surface area contributed by atoms with Gasteiger partial charge in [0.25, 0.3) is 0 Å². The standard InChI is InChI=1S/C48H24F12N4.Zn/c49-45(50,51)29-9-1-25(2-10-29)41-33-17-19-35(61-33)42(26-3-11-30(12-4-26)46(52,53)54)37-21-23-39(63-37)44(28-7-15-32(16-8-28)48(58,59)60)40-24-22-38(64-40)43(36-20-18-34(41)62-36)27-5-13-31(14-6-27)47(55,56)57;/h1-24H;/q-2;+2. The summed E-state index contributed by atoms with van der Waals surface area (Å²) in [5.74, 6) is 0. The number of alkyl halides is 12. The van der Waals surface area contributed by atoms with Crippen LogP contribution in [0.2, 0.25) is 0 Å². The molecule has 0 N–H and O–H groups in total. The average Bonchev–Trinajstić information content (AvgIpc) is 4.08. The Kier molecular flexibility index (Phi) is 11.3. The minimum atomic E-state index is -4.67. The molecule has 0 saturated heterocycles. The molecule has 0 fully saturated rings. The number of hydrogen-bond donors (Lipinski definition) is 0. The average molecular weight is 950 g/mol.